The minimum Gasteiger partial charge on any atom is -0.295 e. The Labute approximate surface area is 127 Å². The van der Waals surface area contributed by atoms with Crippen molar-refractivity contribution in [3.05, 3.63) is 29.8 Å². The summed E-state index contributed by atoms with van der Waals surface area (Å²) in [7, 11) is -3.44. The average molecular weight is 309 g/mol. The number of sulfonamides is 1. The first-order valence-corrected chi connectivity index (χ1v) is 9.00. The normalized spacial score (nSPS) is 21.0. The molecule has 0 aromatic heterocycles. The highest BCUT2D eigenvalue weighted by molar-refractivity contribution is 7.89. The molecule has 5 heteroatoms. The number of hydrogen-bond donors (Lipinski definition) is 0. The lowest BCUT2D eigenvalue weighted by molar-refractivity contribution is 0.101. The third kappa shape index (κ3) is 3.71. The van der Waals surface area contributed by atoms with Crippen molar-refractivity contribution in [1.29, 1.82) is 0 Å². The highest BCUT2D eigenvalue weighted by Crippen LogP contribution is 2.25. The molecule has 2 rings (SSSR count). The molecule has 1 saturated heterocycles. The van der Waals surface area contributed by atoms with E-state index in [-0.39, 0.29) is 10.7 Å². The van der Waals surface area contributed by atoms with Crippen molar-refractivity contribution in [2.75, 3.05) is 13.1 Å². The standard InChI is InChI=1S/C16H23NO3S/c1-3-14-5-4-11-17(12-10-14)21(19,20)16-8-6-15(7-9-16)13(2)18/h6-9,14H,3-5,10-12H2,1-2H3. The minimum absolute atomic E-state index is 0.0560. The van der Waals surface area contributed by atoms with Crippen molar-refractivity contribution in [2.45, 2.75) is 44.4 Å². The van der Waals surface area contributed by atoms with Crippen LogP contribution in [0.25, 0.3) is 0 Å². The van der Waals surface area contributed by atoms with Gasteiger partial charge in [0.15, 0.2) is 5.78 Å². The largest absolute Gasteiger partial charge is 0.295 e. The molecule has 1 heterocycles. The lowest BCUT2D eigenvalue weighted by Crippen LogP contribution is -2.32. The second-order valence-electron chi connectivity index (χ2n) is 5.69. The van der Waals surface area contributed by atoms with Crippen LogP contribution in [0.2, 0.25) is 0 Å². The number of rotatable bonds is 4. The van der Waals surface area contributed by atoms with Crippen LogP contribution >= 0.6 is 0 Å². The Kier molecular flexibility index (Phi) is 5.17. The van der Waals surface area contributed by atoms with Crippen LogP contribution in [0.1, 0.15) is 49.9 Å². The minimum atomic E-state index is -3.44. The molecule has 0 amide bonds. The summed E-state index contributed by atoms with van der Waals surface area (Å²) in [6.45, 7) is 4.82. The molecule has 0 N–H and O–H groups in total. The smallest absolute Gasteiger partial charge is 0.243 e. The molecule has 1 aromatic carbocycles. The van der Waals surface area contributed by atoms with E-state index in [2.05, 4.69) is 6.92 Å². The number of ketones is 1. The zero-order valence-electron chi connectivity index (χ0n) is 12.7. The van der Waals surface area contributed by atoms with Gasteiger partial charge in [0, 0.05) is 18.7 Å². The molecule has 1 atom stereocenters. The highest BCUT2D eigenvalue weighted by atomic mass is 32.2. The number of nitrogens with zero attached hydrogens (tertiary/aromatic N) is 1. The van der Waals surface area contributed by atoms with Crippen LogP contribution < -0.4 is 0 Å². The van der Waals surface area contributed by atoms with Crippen molar-refractivity contribution >= 4 is 15.8 Å². The Morgan fingerprint density at radius 1 is 1.19 bits per heavy atom. The van der Waals surface area contributed by atoms with Crippen molar-refractivity contribution in [3.63, 3.8) is 0 Å². The van der Waals surface area contributed by atoms with Crippen LogP contribution in [0, 0.1) is 5.92 Å². The molecule has 1 aromatic rings. The van der Waals surface area contributed by atoms with Gasteiger partial charge in [-0.3, -0.25) is 4.79 Å². The maximum absolute atomic E-state index is 12.7. The fraction of sp³-hybridized carbons (Fsp3) is 0.562. The SMILES string of the molecule is CCC1CCCN(S(=O)(=O)c2ccc(C(C)=O)cc2)CC1. The zero-order chi connectivity index (χ0) is 15.5. The third-order valence-corrected chi connectivity index (χ3v) is 6.20. The summed E-state index contributed by atoms with van der Waals surface area (Å²) in [4.78, 5) is 11.5. The number of carbonyl (C=O) groups is 1. The molecule has 21 heavy (non-hydrogen) atoms. The molecule has 1 aliphatic heterocycles. The molecule has 1 unspecified atom stereocenters. The van der Waals surface area contributed by atoms with E-state index >= 15 is 0 Å². The summed E-state index contributed by atoms with van der Waals surface area (Å²) in [5, 5.41) is 0. The van der Waals surface area contributed by atoms with E-state index in [0.717, 1.165) is 25.7 Å². The molecule has 1 fully saturated rings. The fourth-order valence-corrected chi connectivity index (χ4v) is 4.29. The average Bonchev–Trinajstić information content (AvgIpc) is 2.73. The van der Waals surface area contributed by atoms with Crippen molar-refractivity contribution in [2.24, 2.45) is 5.92 Å². The van der Waals surface area contributed by atoms with E-state index in [1.807, 2.05) is 0 Å². The summed E-state index contributed by atoms with van der Waals surface area (Å²) in [5.74, 6) is 0.574. The number of carbonyl (C=O) groups excluding carboxylic acids is 1. The van der Waals surface area contributed by atoms with Crippen molar-refractivity contribution in [1.82, 2.24) is 4.31 Å². The second kappa shape index (κ2) is 6.71. The van der Waals surface area contributed by atoms with Gasteiger partial charge in [0.25, 0.3) is 0 Å². The van der Waals surface area contributed by atoms with E-state index in [0.29, 0.717) is 24.6 Å². The first-order valence-electron chi connectivity index (χ1n) is 7.56. The quantitative estimate of drug-likeness (QED) is 0.803. The van der Waals surface area contributed by atoms with Gasteiger partial charge in [-0.05, 0) is 44.2 Å². The van der Waals surface area contributed by atoms with Crippen LogP contribution in [-0.2, 0) is 10.0 Å². The van der Waals surface area contributed by atoms with Gasteiger partial charge in [0.05, 0.1) is 4.90 Å². The third-order valence-electron chi connectivity index (χ3n) is 4.28. The Morgan fingerprint density at radius 2 is 1.86 bits per heavy atom. The Bertz CT molecular complexity index is 592. The highest BCUT2D eigenvalue weighted by Gasteiger charge is 2.27. The number of hydrogen-bond acceptors (Lipinski definition) is 3. The second-order valence-corrected chi connectivity index (χ2v) is 7.63. The summed E-state index contributed by atoms with van der Waals surface area (Å²) in [5.41, 5.74) is 0.538. The van der Waals surface area contributed by atoms with Crippen LogP contribution in [0.5, 0.6) is 0 Å². The topological polar surface area (TPSA) is 54.5 Å². The van der Waals surface area contributed by atoms with E-state index in [1.54, 1.807) is 16.4 Å². The summed E-state index contributed by atoms with van der Waals surface area (Å²) >= 11 is 0. The van der Waals surface area contributed by atoms with E-state index in [1.165, 1.54) is 19.1 Å². The van der Waals surface area contributed by atoms with Gasteiger partial charge in [0.1, 0.15) is 0 Å². The molecule has 4 nitrogen and oxygen atoms in total. The molecule has 116 valence electrons. The predicted molar refractivity (Wildman–Crippen MR) is 82.8 cm³/mol. The summed E-state index contributed by atoms with van der Waals surface area (Å²) in [6.07, 6.45) is 4.07. The Morgan fingerprint density at radius 3 is 2.43 bits per heavy atom. The predicted octanol–water partition coefficient (Wildman–Crippen LogP) is 3.09. The Hall–Kier alpha value is -1.20. The fourth-order valence-electron chi connectivity index (χ4n) is 2.80. The van der Waals surface area contributed by atoms with Crippen molar-refractivity contribution < 1.29 is 13.2 Å². The zero-order valence-corrected chi connectivity index (χ0v) is 13.5. The molecule has 1 aliphatic rings. The maximum Gasteiger partial charge on any atom is 0.243 e. The summed E-state index contributed by atoms with van der Waals surface area (Å²) in [6, 6.07) is 6.24. The Balaban J connectivity index is 2.19. The molecule has 0 radical (unpaired) electrons. The van der Waals surface area contributed by atoms with Gasteiger partial charge in [-0.1, -0.05) is 25.5 Å². The van der Waals surface area contributed by atoms with Crippen LogP contribution in [0.3, 0.4) is 0 Å². The molecule has 0 spiro atoms. The molecular weight excluding hydrogens is 286 g/mol. The van der Waals surface area contributed by atoms with Crippen molar-refractivity contribution in [3.8, 4) is 0 Å². The first-order chi connectivity index (χ1) is 9.95. The van der Waals surface area contributed by atoms with Gasteiger partial charge in [-0.15, -0.1) is 0 Å². The first kappa shape index (κ1) is 16.2. The van der Waals surface area contributed by atoms with E-state index in [9.17, 15) is 13.2 Å². The van der Waals surface area contributed by atoms with Gasteiger partial charge in [-0.25, -0.2) is 8.42 Å². The molecular formula is C16H23NO3S. The molecule has 0 saturated carbocycles. The van der Waals surface area contributed by atoms with E-state index < -0.39 is 10.0 Å². The number of benzene rings is 1. The monoisotopic (exact) mass is 309 g/mol. The van der Waals surface area contributed by atoms with Gasteiger partial charge >= 0.3 is 0 Å². The molecule has 0 bridgehead atoms. The van der Waals surface area contributed by atoms with Crippen LogP contribution in [0.4, 0.5) is 0 Å². The van der Waals surface area contributed by atoms with Gasteiger partial charge in [-0.2, -0.15) is 4.31 Å². The maximum atomic E-state index is 12.7. The lowest BCUT2D eigenvalue weighted by atomic mass is 9.98. The van der Waals surface area contributed by atoms with Crippen LogP contribution in [-0.4, -0.2) is 31.6 Å². The van der Waals surface area contributed by atoms with Crippen LogP contribution in [0.15, 0.2) is 29.2 Å². The van der Waals surface area contributed by atoms with E-state index in [4.69, 9.17) is 0 Å². The molecule has 0 aliphatic carbocycles. The van der Waals surface area contributed by atoms with Gasteiger partial charge < -0.3 is 0 Å². The number of Topliss-reactive ketones (excluding diaryl/α,β-unsaturated/α-hetero) is 1. The van der Waals surface area contributed by atoms with Gasteiger partial charge in [0.2, 0.25) is 10.0 Å². The summed E-state index contributed by atoms with van der Waals surface area (Å²) < 4.78 is 26.9. The lowest BCUT2D eigenvalue weighted by Gasteiger charge is -2.20.